The van der Waals surface area contributed by atoms with Crippen molar-refractivity contribution in [2.24, 2.45) is 0 Å². The van der Waals surface area contributed by atoms with Crippen LogP contribution >= 0.6 is 68.8 Å². The van der Waals surface area contributed by atoms with Gasteiger partial charge in [0.2, 0.25) is 0 Å². The van der Waals surface area contributed by atoms with Gasteiger partial charge in [-0.15, -0.1) is 0 Å². The first-order chi connectivity index (χ1) is 9.69. The van der Waals surface area contributed by atoms with Crippen LogP contribution in [0.2, 0.25) is 0 Å². The first-order valence-electron chi connectivity index (χ1n) is 6.07. The highest BCUT2D eigenvalue weighted by atomic mass is 35.6. The van der Waals surface area contributed by atoms with Gasteiger partial charge in [0, 0.05) is 12.1 Å². The molecule has 2 aromatic heterocycles. The van der Waals surface area contributed by atoms with E-state index in [-0.39, 0.29) is 0 Å². The zero-order chi connectivity index (χ0) is 15.7. The Morgan fingerprint density at radius 1 is 0.667 bits per heavy atom. The van der Waals surface area contributed by atoms with Crippen LogP contribution in [0.15, 0.2) is 48.8 Å². The van der Waals surface area contributed by atoms with Crippen molar-refractivity contribution >= 4 is 77.8 Å². The van der Waals surface area contributed by atoms with E-state index in [4.69, 9.17) is 68.8 Å². The molecule has 21 heavy (non-hydrogen) atoms. The maximum absolute atomic E-state index is 6.03. The molecule has 0 amide bonds. The Labute approximate surface area is 152 Å². The minimum absolute atomic E-state index is 0.465. The summed E-state index contributed by atoms with van der Waals surface area (Å²) in [5.41, 5.74) is 1.62. The minimum atomic E-state index is -2.25. The lowest BCUT2D eigenvalue weighted by molar-refractivity contribution is -0.556. The van der Waals surface area contributed by atoms with Crippen LogP contribution in [0, 0.1) is 0 Å². The Morgan fingerprint density at radius 2 is 1.05 bits per heavy atom. The summed E-state index contributed by atoms with van der Waals surface area (Å²) < 4.78 is -1.29. The summed E-state index contributed by atoms with van der Waals surface area (Å²) in [7, 11) is 0. The van der Waals surface area contributed by atoms with Gasteiger partial charge in [-0.3, -0.25) is 68.8 Å². The summed E-state index contributed by atoms with van der Waals surface area (Å²) >= 11 is 36.2. The van der Waals surface area contributed by atoms with Gasteiger partial charge in [-0.2, -0.15) is 0 Å². The fourth-order valence-electron chi connectivity index (χ4n) is 2.04. The van der Waals surface area contributed by atoms with E-state index in [9.17, 15) is 0 Å². The highest BCUT2D eigenvalue weighted by Crippen LogP contribution is 2.19. The first-order valence-corrected chi connectivity index (χ1v) is 8.69. The molecule has 0 aliphatic heterocycles. The van der Waals surface area contributed by atoms with Crippen LogP contribution in [-0.4, -0.2) is 9.05 Å². The summed E-state index contributed by atoms with van der Waals surface area (Å²) in [6, 6.07) is 11.1. The molecule has 0 bridgehead atoms. The Balaban J connectivity index is 2.45. The van der Waals surface area contributed by atoms with E-state index < -0.39 is 9.05 Å². The van der Waals surface area contributed by atoms with Gasteiger partial charge in [0.15, 0.2) is 0 Å². The highest BCUT2D eigenvalue weighted by Gasteiger charge is 2.33. The molecule has 10 heteroatoms. The number of aromatic nitrogens is 2. The zero-order valence-corrected chi connectivity index (χ0v) is 15.2. The van der Waals surface area contributed by atoms with Crippen LogP contribution in [0.4, 0.5) is 0 Å². The van der Waals surface area contributed by atoms with Gasteiger partial charge >= 0.3 is 9.05 Å². The number of rotatable bonds is 4. The maximum atomic E-state index is 6.03. The number of hydrogen-bond donors (Lipinski definition) is 0. The van der Waals surface area contributed by atoms with Crippen LogP contribution in [0.5, 0.6) is 0 Å². The van der Waals surface area contributed by atoms with Gasteiger partial charge in [0.1, 0.15) is 30.2 Å². The predicted molar refractivity (Wildman–Crippen MR) is 93.5 cm³/mol. The fourth-order valence-corrected chi connectivity index (χ4v) is 3.18. The summed E-state index contributed by atoms with van der Waals surface area (Å²) in [6.45, 7) is 0. The van der Waals surface area contributed by atoms with Crippen molar-refractivity contribution in [1.82, 2.24) is 0 Å². The van der Waals surface area contributed by atoms with E-state index >= 15 is 0 Å². The summed E-state index contributed by atoms with van der Waals surface area (Å²) in [4.78, 5) is 0. The first kappa shape index (κ1) is 17.5. The topological polar surface area (TPSA) is 7.76 Å². The summed E-state index contributed by atoms with van der Waals surface area (Å²) in [5.74, 6) is 0. The van der Waals surface area contributed by atoms with Crippen molar-refractivity contribution in [3.8, 4) is 0 Å². The number of hydrogen-bond acceptors (Lipinski definition) is 0. The average Bonchev–Trinajstić information content (AvgIpc) is 2.37. The maximum Gasteiger partial charge on any atom is 0.533 e. The zero-order valence-electron chi connectivity index (χ0n) is 10.6. The molecular weight excluding hydrogens is 394 g/mol. The summed E-state index contributed by atoms with van der Waals surface area (Å²) in [5, 5.41) is 0. The van der Waals surface area contributed by atoms with Gasteiger partial charge < -0.3 is 8.96 Å². The molecule has 0 saturated heterocycles. The molecule has 0 aromatic carbocycles. The van der Waals surface area contributed by atoms with Crippen LogP contribution in [0.3, 0.4) is 0 Å². The van der Waals surface area contributed by atoms with Gasteiger partial charge in [-0.05, 0) is 12.1 Å². The molecule has 0 spiro atoms. The van der Waals surface area contributed by atoms with Crippen LogP contribution in [-0.2, 0) is 6.42 Å². The number of halogens is 6. The molecule has 0 aliphatic rings. The molecule has 0 fully saturated rings. The standard InChI is InChI=1S/C11H10B2Cl6N2/c14-12(15,16)20-7-3-1-5-10(20)9-11-6-2-4-8-21(11)13(17,18)19/h1-8H,9H2. The predicted octanol–water partition coefficient (Wildman–Crippen LogP) is 3.85. The summed E-state index contributed by atoms with van der Waals surface area (Å²) in [6.07, 6.45) is 3.90. The number of pyridine rings is 2. The Hall–Kier alpha value is 0.170. The van der Waals surface area contributed by atoms with Crippen molar-refractivity contribution in [2.45, 2.75) is 6.42 Å². The SMILES string of the molecule is Cl[B-](Cl)(Cl)[n+]1ccccc1Cc1cccc[n+]1[B-](Cl)(Cl)Cl. The lowest BCUT2D eigenvalue weighted by Crippen LogP contribution is -2.58. The van der Waals surface area contributed by atoms with Crippen LogP contribution < -0.4 is 8.96 Å². The van der Waals surface area contributed by atoms with Gasteiger partial charge in [-0.1, -0.05) is 12.1 Å². The fraction of sp³-hybridized carbons (Fsp3) is 0.0909. The Bertz CT molecular complexity index is 586. The van der Waals surface area contributed by atoms with E-state index in [0.717, 1.165) is 11.4 Å². The molecule has 2 aromatic rings. The van der Waals surface area contributed by atoms with E-state index in [1.807, 2.05) is 24.3 Å². The highest BCUT2D eigenvalue weighted by molar-refractivity contribution is 7.61. The van der Waals surface area contributed by atoms with Gasteiger partial charge in [0.25, 0.3) is 0 Å². The second kappa shape index (κ2) is 6.74. The van der Waals surface area contributed by atoms with Crippen molar-refractivity contribution < 1.29 is 8.96 Å². The lowest BCUT2D eigenvalue weighted by atomic mass is 10.1. The Morgan fingerprint density at radius 3 is 1.38 bits per heavy atom. The van der Waals surface area contributed by atoms with E-state index in [0.29, 0.717) is 6.42 Å². The minimum Gasteiger partial charge on any atom is -0.381 e. The van der Waals surface area contributed by atoms with Gasteiger partial charge in [-0.25, -0.2) is 0 Å². The van der Waals surface area contributed by atoms with Crippen molar-refractivity contribution in [2.75, 3.05) is 0 Å². The molecule has 2 nitrogen and oxygen atoms in total. The number of nitrogens with zero attached hydrogens (tertiary/aromatic N) is 2. The molecule has 112 valence electrons. The second-order valence-electron chi connectivity index (χ2n) is 4.46. The third-order valence-corrected chi connectivity index (χ3v) is 4.21. The quantitative estimate of drug-likeness (QED) is 0.684. The second-order valence-corrected chi connectivity index (χ2v) is 9.59. The van der Waals surface area contributed by atoms with Crippen molar-refractivity contribution in [3.05, 3.63) is 60.2 Å². The molecule has 0 aliphatic carbocycles. The van der Waals surface area contributed by atoms with Crippen molar-refractivity contribution in [1.29, 1.82) is 0 Å². The Kier molecular flexibility index (Phi) is 5.62. The third kappa shape index (κ3) is 4.57. The smallest absolute Gasteiger partial charge is 0.381 e. The van der Waals surface area contributed by atoms with Gasteiger partial charge in [0.05, 0.1) is 0 Å². The molecular formula is C11H10B2Cl6N2. The van der Waals surface area contributed by atoms with Crippen LogP contribution in [0.1, 0.15) is 11.4 Å². The average molecular weight is 405 g/mol. The van der Waals surface area contributed by atoms with Crippen molar-refractivity contribution in [3.63, 3.8) is 0 Å². The molecule has 0 N–H and O–H groups in total. The molecule has 2 rings (SSSR count). The largest absolute Gasteiger partial charge is 0.533 e. The normalized spacial score (nSPS) is 12.5. The monoisotopic (exact) mass is 402 g/mol. The van der Waals surface area contributed by atoms with E-state index in [1.54, 1.807) is 33.5 Å². The molecule has 0 atom stereocenters. The molecule has 0 saturated carbocycles. The third-order valence-electron chi connectivity index (χ3n) is 2.95. The van der Waals surface area contributed by atoms with E-state index in [2.05, 4.69) is 0 Å². The molecule has 0 unspecified atom stereocenters. The molecule has 0 radical (unpaired) electrons. The van der Waals surface area contributed by atoms with Crippen LogP contribution in [0.25, 0.3) is 0 Å². The van der Waals surface area contributed by atoms with E-state index in [1.165, 1.54) is 0 Å². The lowest BCUT2D eigenvalue weighted by Gasteiger charge is -2.20. The molecule has 2 heterocycles.